The van der Waals surface area contributed by atoms with E-state index >= 15 is 0 Å². The largest absolute Gasteiger partial charge is 0.391 e. The average Bonchev–Trinajstić information content (AvgIpc) is 2.97. The summed E-state index contributed by atoms with van der Waals surface area (Å²) in [5, 5.41) is 8.93. The van der Waals surface area contributed by atoms with E-state index in [9.17, 15) is 0 Å². The van der Waals surface area contributed by atoms with Crippen molar-refractivity contribution in [1.29, 1.82) is 0 Å². The molecule has 19 heavy (non-hydrogen) atoms. The van der Waals surface area contributed by atoms with Gasteiger partial charge in [0.2, 0.25) is 5.95 Å². The van der Waals surface area contributed by atoms with Gasteiger partial charge in [-0.2, -0.15) is 9.97 Å². The summed E-state index contributed by atoms with van der Waals surface area (Å²) in [6.07, 6.45) is 0.863. The molecule has 0 radical (unpaired) electrons. The number of nitrogens with two attached hydrogens (primary N) is 2. The lowest BCUT2D eigenvalue weighted by molar-refractivity contribution is -0.0891. The summed E-state index contributed by atoms with van der Waals surface area (Å²) in [6, 6.07) is 0. The predicted molar refractivity (Wildman–Crippen MR) is 65.8 cm³/mol. The van der Waals surface area contributed by atoms with Crippen molar-refractivity contribution in [3.8, 4) is 0 Å². The van der Waals surface area contributed by atoms with Crippen LogP contribution in [0.25, 0.3) is 11.2 Å². The number of aliphatic hydroxyl groups is 1. The van der Waals surface area contributed by atoms with Gasteiger partial charge in [-0.3, -0.25) is 0 Å². The molecule has 0 aliphatic carbocycles. The molecule has 1 saturated heterocycles. The highest BCUT2D eigenvalue weighted by atomic mass is 16.7. The fraction of sp³-hybridized carbons (Fsp3) is 0.500. The van der Waals surface area contributed by atoms with E-state index in [4.69, 9.17) is 26.0 Å². The highest BCUT2D eigenvalue weighted by Crippen LogP contribution is 2.19. The van der Waals surface area contributed by atoms with Gasteiger partial charge in [-0.15, -0.1) is 0 Å². The standard InChI is InChI=1S/C10H14N6O3/c11-8-7-9(15-10(12)14-8)16(4-13-7)1-5-3-18-6(2-17)19-5/h4-6,17H,1-3H2,(H4,11,12,14,15)/t5-,6+/m0/s1. The molecule has 0 aromatic carbocycles. The lowest BCUT2D eigenvalue weighted by Crippen LogP contribution is -2.20. The van der Waals surface area contributed by atoms with Crippen LogP contribution >= 0.6 is 0 Å². The summed E-state index contributed by atoms with van der Waals surface area (Å²) >= 11 is 0. The first-order valence-electron chi connectivity index (χ1n) is 5.79. The van der Waals surface area contributed by atoms with Gasteiger partial charge in [-0.05, 0) is 0 Å². The average molecular weight is 266 g/mol. The molecule has 102 valence electrons. The number of fused-ring (bicyclic) bond motifs is 1. The second-order valence-electron chi connectivity index (χ2n) is 4.24. The number of aromatic nitrogens is 4. The maximum absolute atomic E-state index is 8.93. The summed E-state index contributed by atoms with van der Waals surface area (Å²) in [6.45, 7) is 0.729. The second-order valence-corrected chi connectivity index (χ2v) is 4.24. The van der Waals surface area contributed by atoms with Gasteiger partial charge in [0.05, 0.1) is 26.1 Å². The Morgan fingerprint density at radius 3 is 3.00 bits per heavy atom. The zero-order valence-corrected chi connectivity index (χ0v) is 10.1. The lowest BCUT2D eigenvalue weighted by atomic mass is 10.4. The van der Waals surface area contributed by atoms with E-state index in [1.165, 1.54) is 0 Å². The molecular weight excluding hydrogens is 252 g/mol. The molecule has 3 heterocycles. The Balaban J connectivity index is 1.86. The van der Waals surface area contributed by atoms with Gasteiger partial charge in [0.15, 0.2) is 17.8 Å². The molecule has 0 amide bonds. The number of nitrogens with zero attached hydrogens (tertiary/aromatic N) is 4. The van der Waals surface area contributed by atoms with Crippen LogP contribution in [0.2, 0.25) is 0 Å². The smallest absolute Gasteiger partial charge is 0.224 e. The molecule has 0 bridgehead atoms. The summed E-state index contributed by atoms with van der Waals surface area (Å²) in [7, 11) is 0. The molecule has 2 atom stereocenters. The fourth-order valence-electron chi connectivity index (χ4n) is 2.04. The van der Waals surface area contributed by atoms with E-state index in [2.05, 4.69) is 15.0 Å². The van der Waals surface area contributed by atoms with Crippen molar-refractivity contribution in [2.24, 2.45) is 0 Å². The minimum absolute atomic E-state index is 0.101. The molecule has 2 aromatic rings. The van der Waals surface area contributed by atoms with Crippen LogP contribution in [-0.4, -0.2) is 50.2 Å². The number of rotatable bonds is 3. The molecule has 1 aliphatic rings. The molecule has 2 aromatic heterocycles. The van der Waals surface area contributed by atoms with Crippen LogP contribution in [0, 0.1) is 0 Å². The van der Waals surface area contributed by atoms with Crippen molar-refractivity contribution in [2.75, 3.05) is 24.7 Å². The summed E-state index contributed by atoms with van der Waals surface area (Å²) in [4.78, 5) is 12.1. The maximum Gasteiger partial charge on any atom is 0.224 e. The highest BCUT2D eigenvalue weighted by Gasteiger charge is 2.26. The third-order valence-corrected chi connectivity index (χ3v) is 2.87. The molecule has 5 N–H and O–H groups in total. The van der Waals surface area contributed by atoms with E-state index in [1.54, 1.807) is 10.9 Å². The number of hydrogen-bond donors (Lipinski definition) is 3. The molecule has 9 nitrogen and oxygen atoms in total. The van der Waals surface area contributed by atoms with Gasteiger partial charge in [-0.1, -0.05) is 0 Å². The van der Waals surface area contributed by atoms with Gasteiger partial charge in [-0.25, -0.2) is 4.98 Å². The van der Waals surface area contributed by atoms with Gasteiger partial charge in [0, 0.05) is 0 Å². The molecule has 1 fully saturated rings. The van der Waals surface area contributed by atoms with Gasteiger partial charge < -0.3 is 30.6 Å². The molecule has 0 unspecified atom stereocenters. The van der Waals surface area contributed by atoms with Crippen molar-refractivity contribution in [3.63, 3.8) is 0 Å². The zero-order chi connectivity index (χ0) is 13.4. The number of anilines is 2. The van der Waals surface area contributed by atoms with E-state index in [0.717, 1.165) is 0 Å². The number of imidazole rings is 1. The summed E-state index contributed by atoms with van der Waals surface area (Å²) < 4.78 is 12.5. The van der Waals surface area contributed by atoms with Crippen LogP contribution < -0.4 is 11.5 Å². The van der Waals surface area contributed by atoms with Gasteiger partial charge >= 0.3 is 0 Å². The topological polar surface area (TPSA) is 134 Å². The molecule has 0 saturated carbocycles. The number of aliphatic hydroxyl groups excluding tert-OH is 1. The Morgan fingerprint density at radius 1 is 1.42 bits per heavy atom. The quantitative estimate of drug-likeness (QED) is 0.625. The Kier molecular flexibility index (Phi) is 2.93. The number of nitrogen functional groups attached to an aromatic ring is 2. The first-order chi connectivity index (χ1) is 9.17. The van der Waals surface area contributed by atoms with Crippen LogP contribution in [0.3, 0.4) is 0 Å². The monoisotopic (exact) mass is 266 g/mol. The maximum atomic E-state index is 8.93. The Bertz CT molecular complexity index is 600. The Hall–Kier alpha value is -1.97. The van der Waals surface area contributed by atoms with Crippen molar-refractivity contribution < 1.29 is 14.6 Å². The SMILES string of the molecule is Nc1nc(N)c2ncn(C[C@H]3CO[C@@H](CO)O3)c2n1. The van der Waals surface area contributed by atoms with Crippen molar-refractivity contribution >= 4 is 22.9 Å². The minimum atomic E-state index is -0.565. The fourth-order valence-corrected chi connectivity index (χ4v) is 2.04. The molecule has 0 spiro atoms. The first kappa shape index (κ1) is 12.1. The van der Waals surface area contributed by atoms with Crippen LogP contribution in [0.15, 0.2) is 6.33 Å². The Morgan fingerprint density at radius 2 is 2.26 bits per heavy atom. The summed E-state index contributed by atoms with van der Waals surface area (Å²) in [5.41, 5.74) is 12.4. The normalized spacial score (nSPS) is 23.2. The van der Waals surface area contributed by atoms with Crippen LogP contribution in [0.5, 0.6) is 0 Å². The first-order valence-corrected chi connectivity index (χ1v) is 5.79. The van der Waals surface area contributed by atoms with Crippen molar-refractivity contribution in [1.82, 2.24) is 19.5 Å². The number of hydrogen-bond acceptors (Lipinski definition) is 8. The molecular formula is C10H14N6O3. The van der Waals surface area contributed by atoms with Crippen LogP contribution in [0.4, 0.5) is 11.8 Å². The molecule has 3 rings (SSSR count). The van der Waals surface area contributed by atoms with E-state index in [1.807, 2.05) is 0 Å². The third kappa shape index (κ3) is 2.18. The van der Waals surface area contributed by atoms with E-state index < -0.39 is 6.29 Å². The van der Waals surface area contributed by atoms with Crippen LogP contribution in [0.1, 0.15) is 0 Å². The zero-order valence-electron chi connectivity index (χ0n) is 10.1. The molecule has 9 heteroatoms. The Labute approximate surface area is 108 Å². The van der Waals surface area contributed by atoms with E-state index in [-0.39, 0.29) is 24.5 Å². The third-order valence-electron chi connectivity index (χ3n) is 2.87. The highest BCUT2D eigenvalue weighted by molar-refractivity contribution is 5.82. The second kappa shape index (κ2) is 4.61. The van der Waals surface area contributed by atoms with Crippen molar-refractivity contribution in [3.05, 3.63) is 6.33 Å². The van der Waals surface area contributed by atoms with Crippen LogP contribution in [-0.2, 0) is 16.0 Å². The van der Waals surface area contributed by atoms with E-state index in [0.29, 0.717) is 24.3 Å². The lowest BCUT2D eigenvalue weighted by Gasteiger charge is -2.10. The van der Waals surface area contributed by atoms with Gasteiger partial charge in [0.1, 0.15) is 11.6 Å². The minimum Gasteiger partial charge on any atom is -0.391 e. The van der Waals surface area contributed by atoms with Gasteiger partial charge in [0.25, 0.3) is 0 Å². The molecule has 1 aliphatic heterocycles. The van der Waals surface area contributed by atoms with Crippen molar-refractivity contribution in [2.45, 2.75) is 18.9 Å². The predicted octanol–water partition coefficient (Wildman–Crippen LogP) is -1.28. The summed E-state index contributed by atoms with van der Waals surface area (Å²) in [5.74, 6) is 0.349. The number of ether oxygens (including phenoxy) is 2.